The largest absolute Gasteiger partial charge is 0.351 e. The normalized spacial score (nSPS) is 14.6. The molecule has 0 aliphatic rings. The van der Waals surface area contributed by atoms with Crippen LogP contribution in [-0.4, -0.2) is 12.0 Å². The van der Waals surface area contributed by atoms with E-state index in [4.69, 9.17) is 4.89 Å². The Labute approximate surface area is 131 Å². The Morgan fingerprint density at radius 3 is 1.71 bits per heavy atom. The predicted molar refractivity (Wildman–Crippen MR) is 91.7 cm³/mol. The van der Waals surface area contributed by atoms with Crippen LogP contribution in [0.2, 0.25) is 0 Å². The zero-order chi connectivity index (χ0) is 15.8. The Bertz CT molecular complexity index is 290. The molecule has 0 bridgehead atoms. The molecular weight excluding hydrogens is 283 g/mol. The van der Waals surface area contributed by atoms with Crippen molar-refractivity contribution in [1.29, 1.82) is 0 Å². The van der Waals surface area contributed by atoms with Gasteiger partial charge in [0.05, 0.1) is 0 Å². The Balaban J connectivity index is 3.18. The van der Waals surface area contributed by atoms with E-state index >= 15 is 0 Å². The molecule has 1 N–H and O–H groups in total. The van der Waals surface area contributed by atoms with E-state index in [-0.39, 0.29) is 0 Å². The van der Waals surface area contributed by atoms with Gasteiger partial charge in [0.15, 0.2) is 0 Å². The maximum atomic E-state index is 11.1. The minimum Gasteiger partial charge on any atom is -0.321 e. The molecule has 0 heterocycles. The Hall–Kier alpha value is -0.110. The zero-order valence-electron chi connectivity index (χ0n) is 14.1. The molecule has 4 heteroatoms. The van der Waals surface area contributed by atoms with Crippen LogP contribution in [0.15, 0.2) is 11.9 Å². The van der Waals surface area contributed by atoms with E-state index in [9.17, 15) is 4.57 Å². The summed E-state index contributed by atoms with van der Waals surface area (Å²) in [5, 5.41) is 0. The summed E-state index contributed by atoms with van der Waals surface area (Å²) in [6.45, 7) is 2.26. The molecule has 0 aliphatic heterocycles. The summed E-state index contributed by atoms with van der Waals surface area (Å²) < 4.78 is 15.6. The van der Waals surface area contributed by atoms with Gasteiger partial charge in [0.1, 0.15) is 0 Å². The van der Waals surface area contributed by atoms with E-state index in [1.54, 1.807) is 6.08 Å². The number of allylic oxidation sites excluding steroid dienone is 1. The molecule has 1 unspecified atom stereocenters. The van der Waals surface area contributed by atoms with E-state index < -0.39 is 7.60 Å². The second kappa shape index (κ2) is 14.8. The van der Waals surface area contributed by atoms with Gasteiger partial charge in [-0.05, 0) is 12.8 Å². The van der Waals surface area contributed by atoms with Gasteiger partial charge in [-0.1, -0.05) is 83.6 Å². The van der Waals surface area contributed by atoms with Crippen LogP contribution in [0.1, 0.15) is 90.4 Å². The van der Waals surface area contributed by atoms with E-state index in [0.29, 0.717) is 0 Å². The van der Waals surface area contributed by atoms with Gasteiger partial charge in [-0.3, -0.25) is 4.57 Å². The minimum atomic E-state index is -3.44. The number of hydrogen-bond acceptors (Lipinski definition) is 2. The molecule has 0 aromatic heterocycles. The molecule has 21 heavy (non-hydrogen) atoms. The molecule has 0 saturated carbocycles. The molecular formula is C17H35O3P. The monoisotopic (exact) mass is 318 g/mol. The summed E-state index contributed by atoms with van der Waals surface area (Å²) in [5.74, 6) is 1.30. The summed E-state index contributed by atoms with van der Waals surface area (Å²) in [7, 11) is -2.18. The summed E-state index contributed by atoms with van der Waals surface area (Å²) in [4.78, 5) is 9.16. The third-order valence-electron chi connectivity index (χ3n) is 3.78. The third-order valence-corrected chi connectivity index (χ3v) is 4.89. The standard InChI is InChI=1S/C17H35O3P/c1-3-4-5-6-7-8-9-10-11-12-13-14-15-16-17-21(18,19)20-2/h16-17H,3-15H2,1-2H3,(H,18,19). The van der Waals surface area contributed by atoms with Crippen molar-refractivity contribution in [2.75, 3.05) is 7.11 Å². The summed E-state index contributed by atoms with van der Waals surface area (Å²) >= 11 is 0. The maximum absolute atomic E-state index is 11.1. The molecule has 1 atom stereocenters. The minimum absolute atomic E-state index is 0.866. The van der Waals surface area contributed by atoms with Gasteiger partial charge in [0, 0.05) is 12.9 Å². The molecule has 126 valence electrons. The van der Waals surface area contributed by atoms with Crippen molar-refractivity contribution >= 4 is 7.60 Å². The Morgan fingerprint density at radius 2 is 1.29 bits per heavy atom. The van der Waals surface area contributed by atoms with Crippen LogP contribution in [-0.2, 0) is 9.09 Å². The molecule has 0 aromatic rings. The van der Waals surface area contributed by atoms with Gasteiger partial charge in [-0.15, -0.1) is 0 Å². The first-order chi connectivity index (χ1) is 10.1. The van der Waals surface area contributed by atoms with Crippen molar-refractivity contribution in [3.8, 4) is 0 Å². The Kier molecular flexibility index (Phi) is 14.7. The number of hydrogen-bond donors (Lipinski definition) is 1. The highest BCUT2D eigenvalue weighted by molar-refractivity contribution is 7.56. The highest BCUT2D eigenvalue weighted by Crippen LogP contribution is 2.42. The van der Waals surface area contributed by atoms with Crippen molar-refractivity contribution in [2.24, 2.45) is 0 Å². The number of rotatable bonds is 15. The smallest absolute Gasteiger partial charge is 0.321 e. The second-order valence-electron chi connectivity index (χ2n) is 5.81. The molecule has 0 radical (unpaired) electrons. The molecule has 0 amide bonds. The second-order valence-corrected chi connectivity index (χ2v) is 7.60. The Morgan fingerprint density at radius 1 is 0.857 bits per heavy atom. The van der Waals surface area contributed by atoms with Crippen LogP contribution in [0.4, 0.5) is 0 Å². The summed E-state index contributed by atoms with van der Waals surface area (Å²) in [6, 6.07) is 0. The van der Waals surface area contributed by atoms with Gasteiger partial charge in [-0.2, -0.15) is 0 Å². The van der Waals surface area contributed by atoms with E-state index in [0.717, 1.165) is 12.8 Å². The first-order valence-corrected chi connectivity index (χ1v) is 10.3. The predicted octanol–water partition coefficient (Wildman–Crippen LogP) is 6.42. The highest BCUT2D eigenvalue weighted by atomic mass is 31.2. The molecule has 0 spiro atoms. The highest BCUT2D eigenvalue weighted by Gasteiger charge is 2.09. The van der Waals surface area contributed by atoms with E-state index in [2.05, 4.69) is 11.4 Å². The molecule has 3 nitrogen and oxygen atoms in total. The molecule has 0 aliphatic carbocycles. The number of unbranched alkanes of at least 4 members (excludes halogenated alkanes) is 12. The molecule has 0 saturated heterocycles. The van der Waals surface area contributed by atoms with E-state index in [1.807, 2.05) is 0 Å². The molecule has 0 aromatic carbocycles. The van der Waals surface area contributed by atoms with Gasteiger partial charge >= 0.3 is 7.60 Å². The average molecular weight is 318 g/mol. The lowest BCUT2D eigenvalue weighted by molar-refractivity contribution is 0.326. The molecule has 0 fully saturated rings. The van der Waals surface area contributed by atoms with Gasteiger partial charge in [0.25, 0.3) is 0 Å². The quantitative estimate of drug-likeness (QED) is 0.280. The van der Waals surface area contributed by atoms with Crippen LogP contribution < -0.4 is 0 Å². The first-order valence-electron chi connectivity index (χ1n) is 8.68. The van der Waals surface area contributed by atoms with E-state index in [1.165, 1.54) is 83.6 Å². The van der Waals surface area contributed by atoms with Crippen molar-refractivity contribution in [2.45, 2.75) is 90.4 Å². The topological polar surface area (TPSA) is 46.5 Å². The molecule has 0 rings (SSSR count). The fourth-order valence-electron chi connectivity index (χ4n) is 2.37. The van der Waals surface area contributed by atoms with Gasteiger partial charge < -0.3 is 9.42 Å². The van der Waals surface area contributed by atoms with Crippen LogP contribution in [0.5, 0.6) is 0 Å². The van der Waals surface area contributed by atoms with Crippen LogP contribution in [0.3, 0.4) is 0 Å². The van der Waals surface area contributed by atoms with Crippen LogP contribution in [0.25, 0.3) is 0 Å². The average Bonchev–Trinajstić information content (AvgIpc) is 2.47. The van der Waals surface area contributed by atoms with Crippen LogP contribution in [0, 0.1) is 0 Å². The zero-order valence-corrected chi connectivity index (χ0v) is 15.0. The van der Waals surface area contributed by atoms with Crippen molar-refractivity contribution in [3.63, 3.8) is 0 Å². The van der Waals surface area contributed by atoms with Crippen molar-refractivity contribution in [3.05, 3.63) is 11.9 Å². The summed E-state index contributed by atoms with van der Waals surface area (Å²) in [5.41, 5.74) is 0. The van der Waals surface area contributed by atoms with Gasteiger partial charge in [-0.25, -0.2) is 0 Å². The summed E-state index contributed by atoms with van der Waals surface area (Å²) in [6.07, 6.45) is 18.6. The van der Waals surface area contributed by atoms with Crippen molar-refractivity contribution in [1.82, 2.24) is 0 Å². The van der Waals surface area contributed by atoms with Crippen molar-refractivity contribution < 1.29 is 14.0 Å². The fraction of sp³-hybridized carbons (Fsp3) is 0.882. The first kappa shape index (κ1) is 20.9. The third kappa shape index (κ3) is 16.1. The maximum Gasteiger partial charge on any atom is 0.351 e. The van der Waals surface area contributed by atoms with Gasteiger partial charge in [0.2, 0.25) is 0 Å². The fourth-order valence-corrected chi connectivity index (χ4v) is 2.91. The lowest BCUT2D eigenvalue weighted by Crippen LogP contribution is -1.82. The SMILES string of the molecule is CCCCCCCCCCCCCCC=CP(=O)(O)OC. The van der Waals surface area contributed by atoms with Crippen LogP contribution >= 0.6 is 7.60 Å². The lowest BCUT2D eigenvalue weighted by atomic mass is 10.0. The lowest BCUT2D eigenvalue weighted by Gasteiger charge is -2.03.